The fraction of sp³-hybridized carbons (Fsp3) is 0.333. The van der Waals surface area contributed by atoms with Crippen molar-refractivity contribution in [3.05, 3.63) is 29.8 Å². The first-order valence-electron chi connectivity index (χ1n) is 5.33. The smallest absolute Gasteiger partial charge is 0.207 e. The van der Waals surface area contributed by atoms with Gasteiger partial charge in [-0.2, -0.15) is 14.8 Å². The molecule has 0 N–H and O–H groups in total. The lowest BCUT2D eigenvalue weighted by molar-refractivity contribution is 0.385. The summed E-state index contributed by atoms with van der Waals surface area (Å²) in [6.45, 7) is 3.13. The first-order valence-corrected chi connectivity index (χ1v) is 6.77. The zero-order chi connectivity index (χ0) is 13.8. The molecule has 0 unspecified atom stereocenters. The van der Waals surface area contributed by atoms with Crippen molar-refractivity contribution in [2.24, 2.45) is 0 Å². The number of rotatable bonds is 4. The van der Waals surface area contributed by atoms with Gasteiger partial charge < -0.3 is 0 Å². The fourth-order valence-corrected chi connectivity index (χ4v) is 3.20. The minimum absolute atomic E-state index is 0.0588. The van der Waals surface area contributed by atoms with Crippen molar-refractivity contribution in [2.75, 3.05) is 6.54 Å². The monoisotopic (exact) mass is 263 g/mol. The quantitative estimate of drug-likeness (QED) is 0.770. The maximum Gasteiger partial charge on any atom is 0.245 e. The molecule has 0 aromatic heterocycles. The predicted molar refractivity (Wildman–Crippen MR) is 65.8 cm³/mol. The van der Waals surface area contributed by atoms with Crippen LogP contribution in [0.2, 0.25) is 0 Å². The number of sulfonamides is 1. The Bertz CT molecular complexity index is 609. The minimum atomic E-state index is -3.82. The van der Waals surface area contributed by atoms with Crippen LogP contribution in [0.4, 0.5) is 0 Å². The molecule has 1 rings (SSSR count). The zero-order valence-electron chi connectivity index (χ0n) is 10.2. The van der Waals surface area contributed by atoms with Gasteiger partial charge in [0.2, 0.25) is 10.0 Å². The molecule has 1 aromatic carbocycles. The van der Waals surface area contributed by atoms with Crippen LogP contribution in [-0.2, 0) is 10.0 Å². The number of benzene rings is 1. The van der Waals surface area contributed by atoms with Gasteiger partial charge in [0.25, 0.3) is 0 Å². The summed E-state index contributed by atoms with van der Waals surface area (Å²) < 4.78 is 25.8. The molecule has 6 heteroatoms. The minimum Gasteiger partial charge on any atom is -0.207 e. The third kappa shape index (κ3) is 2.67. The van der Waals surface area contributed by atoms with E-state index in [2.05, 4.69) is 0 Å². The Kier molecular flexibility index (Phi) is 4.43. The average Bonchev–Trinajstić information content (AvgIpc) is 2.35. The van der Waals surface area contributed by atoms with Gasteiger partial charge in [-0.15, -0.1) is 0 Å². The van der Waals surface area contributed by atoms with E-state index >= 15 is 0 Å². The molecule has 18 heavy (non-hydrogen) atoms. The molecule has 0 aliphatic carbocycles. The second-order valence-electron chi connectivity index (χ2n) is 3.91. The van der Waals surface area contributed by atoms with Crippen LogP contribution in [-0.4, -0.2) is 25.3 Å². The van der Waals surface area contributed by atoms with Gasteiger partial charge >= 0.3 is 0 Å². The summed E-state index contributed by atoms with van der Waals surface area (Å²) in [5, 5.41) is 17.6. The molecule has 0 amide bonds. The lowest BCUT2D eigenvalue weighted by Crippen LogP contribution is -2.37. The van der Waals surface area contributed by atoms with Gasteiger partial charge in [0, 0.05) is 6.04 Å². The van der Waals surface area contributed by atoms with Crippen molar-refractivity contribution in [3.63, 3.8) is 0 Å². The van der Waals surface area contributed by atoms with Crippen LogP contribution < -0.4 is 0 Å². The Hall–Kier alpha value is -1.89. The number of hydrogen-bond donors (Lipinski definition) is 0. The highest BCUT2D eigenvalue weighted by atomic mass is 32.2. The number of hydrogen-bond acceptors (Lipinski definition) is 4. The number of nitriles is 2. The van der Waals surface area contributed by atoms with Gasteiger partial charge in [-0.05, 0) is 26.0 Å². The number of nitrogens with zero attached hydrogens (tertiary/aromatic N) is 3. The van der Waals surface area contributed by atoms with Crippen molar-refractivity contribution in [3.8, 4) is 12.1 Å². The van der Waals surface area contributed by atoms with Crippen molar-refractivity contribution >= 4 is 10.0 Å². The van der Waals surface area contributed by atoms with Gasteiger partial charge in [-0.3, -0.25) is 0 Å². The molecule has 0 radical (unpaired) electrons. The van der Waals surface area contributed by atoms with E-state index in [4.69, 9.17) is 10.5 Å². The van der Waals surface area contributed by atoms with E-state index < -0.39 is 10.0 Å². The van der Waals surface area contributed by atoms with Crippen molar-refractivity contribution < 1.29 is 8.42 Å². The van der Waals surface area contributed by atoms with Crippen LogP contribution in [0.15, 0.2) is 29.2 Å². The zero-order valence-corrected chi connectivity index (χ0v) is 11.0. The topological polar surface area (TPSA) is 85.0 Å². The molecule has 0 atom stereocenters. The molecule has 94 valence electrons. The predicted octanol–water partition coefficient (Wildman–Crippen LogP) is 1.48. The van der Waals surface area contributed by atoms with Crippen molar-refractivity contribution in [1.82, 2.24) is 4.31 Å². The van der Waals surface area contributed by atoms with Crippen LogP contribution >= 0.6 is 0 Å². The molecule has 0 aliphatic rings. The van der Waals surface area contributed by atoms with Crippen LogP contribution in [0.3, 0.4) is 0 Å². The van der Waals surface area contributed by atoms with Crippen molar-refractivity contribution in [2.45, 2.75) is 24.8 Å². The summed E-state index contributed by atoms with van der Waals surface area (Å²) >= 11 is 0. The van der Waals surface area contributed by atoms with Crippen LogP contribution in [0.1, 0.15) is 19.4 Å². The molecule has 0 fully saturated rings. The summed E-state index contributed by atoms with van der Waals surface area (Å²) in [6.07, 6.45) is 0. The highest BCUT2D eigenvalue weighted by Gasteiger charge is 2.28. The summed E-state index contributed by atoms with van der Waals surface area (Å²) in [4.78, 5) is -0.0588. The first-order chi connectivity index (χ1) is 8.45. The Morgan fingerprint density at radius 3 is 2.39 bits per heavy atom. The van der Waals surface area contributed by atoms with Crippen molar-refractivity contribution in [1.29, 1.82) is 10.5 Å². The molecular weight excluding hydrogens is 250 g/mol. The van der Waals surface area contributed by atoms with Gasteiger partial charge in [-0.1, -0.05) is 12.1 Å². The highest BCUT2D eigenvalue weighted by molar-refractivity contribution is 7.89. The average molecular weight is 263 g/mol. The van der Waals surface area contributed by atoms with E-state index in [1.54, 1.807) is 26.0 Å². The summed E-state index contributed by atoms with van der Waals surface area (Å²) in [6, 6.07) is 9.30. The largest absolute Gasteiger partial charge is 0.245 e. The van der Waals surface area contributed by atoms with Gasteiger partial charge in [0.05, 0.1) is 16.5 Å². The fourth-order valence-electron chi connectivity index (χ4n) is 1.53. The molecule has 0 saturated heterocycles. The van der Waals surface area contributed by atoms with Crippen LogP contribution in [0.25, 0.3) is 0 Å². The third-order valence-corrected chi connectivity index (χ3v) is 4.48. The Morgan fingerprint density at radius 2 is 1.89 bits per heavy atom. The van der Waals surface area contributed by atoms with Gasteiger partial charge in [-0.25, -0.2) is 8.42 Å². The lowest BCUT2D eigenvalue weighted by atomic mass is 10.2. The molecule has 0 aliphatic heterocycles. The lowest BCUT2D eigenvalue weighted by Gasteiger charge is -2.23. The molecule has 1 aromatic rings. The van der Waals surface area contributed by atoms with Gasteiger partial charge in [0.15, 0.2) is 0 Å². The third-order valence-electron chi connectivity index (χ3n) is 2.40. The van der Waals surface area contributed by atoms with Gasteiger partial charge in [0.1, 0.15) is 12.6 Å². The summed E-state index contributed by atoms with van der Waals surface area (Å²) in [7, 11) is -3.82. The molecular formula is C12H13N3O2S. The van der Waals surface area contributed by atoms with E-state index in [1.165, 1.54) is 12.1 Å². The second kappa shape index (κ2) is 5.63. The standard InChI is InChI=1S/C12H13N3O2S/c1-10(2)15(8-7-13)18(16,17)12-6-4-3-5-11(12)9-14/h3-6,10H,8H2,1-2H3. The Labute approximate surface area is 107 Å². The first kappa shape index (κ1) is 14.2. The highest BCUT2D eigenvalue weighted by Crippen LogP contribution is 2.21. The van der Waals surface area contributed by atoms with E-state index in [1.807, 2.05) is 12.1 Å². The van der Waals surface area contributed by atoms with E-state index in [9.17, 15) is 8.42 Å². The SMILES string of the molecule is CC(C)N(CC#N)S(=O)(=O)c1ccccc1C#N. The second-order valence-corrected chi connectivity index (χ2v) is 5.77. The van der Waals surface area contributed by atoms with E-state index in [0.717, 1.165) is 4.31 Å². The normalized spacial score (nSPS) is 11.2. The molecule has 0 heterocycles. The molecule has 0 spiro atoms. The van der Waals surface area contributed by atoms with Crippen LogP contribution in [0.5, 0.6) is 0 Å². The van der Waals surface area contributed by atoms with E-state index in [0.29, 0.717) is 0 Å². The summed E-state index contributed by atoms with van der Waals surface area (Å²) in [5.41, 5.74) is 0.0843. The molecule has 5 nitrogen and oxygen atoms in total. The molecule has 0 saturated carbocycles. The van der Waals surface area contributed by atoms with Crippen LogP contribution in [0, 0.1) is 22.7 Å². The molecule has 0 bridgehead atoms. The summed E-state index contributed by atoms with van der Waals surface area (Å²) in [5.74, 6) is 0. The maximum atomic E-state index is 12.4. The maximum absolute atomic E-state index is 12.4. The Balaban J connectivity index is 3.38. The van der Waals surface area contributed by atoms with E-state index in [-0.39, 0.29) is 23.0 Å². The Morgan fingerprint density at radius 1 is 1.28 bits per heavy atom.